The molecule has 1 heterocycles. The van der Waals surface area contributed by atoms with Crippen molar-refractivity contribution in [3.8, 4) is 5.88 Å². The van der Waals surface area contributed by atoms with Crippen LogP contribution in [0.4, 0.5) is 5.82 Å². The van der Waals surface area contributed by atoms with Crippen LogP contribution in [0.1, 0.15) is 33.5 Å². The normalized spacial score (nSPS) is 11.4. The molecular formula is C14H26N4O. The van der Waals surface area contributed by atoms with Crippen molar-refractivity contribution < 1.29 is 4.74 Å². The minimum atomic E-state index is 0.545. The van der Waals surface area contributed by atoms with Gasteiger partial charge in [-0.3, -0.25) is 4.90 Å². The summed E-state index contributed by atoms with van der Waals surface area (Å²) in [5, 5.41) is 3.33. The van der Waals surface area contributed by atoms with Crippen molar-refractivity contribution in [3.63, 3.8) is 0 Å². The molecule has 19 heavy (non-hydrogen) atoms. The second kappa shape index (κ2) is 7.28. The molecule has 0 spiro atoms. The van der Waals surface area contributed by atoms with Crippen LogP contribution in [0.15, 0.2) is 6.07 Å². The van der Waals surface area contributed by atoms with E-state index in [4.69, 9.17) is 4.74 Å². The number of hydrogen-bond donors (Lipinski definition) is 1. The molecule has 0 saturated carbocycles. The van der Waals surface area contributed by atoms with E-state index in [2.05, 4.69) is 47.9 Å². The van der Waals surface area contributed by atoms with Crippen LogP contribution in [0.25, 0.3) is 0 Å². The SMILES string of the molecule is COc1cc(NCCN(C(C)C)C(C)C)nc(C)n1. The first-order valence-corrected chi connectivity index (χ1v) is 6.83. The average Bonchev–Trinajstić information content (AvgIpc) is 2.32. The Labute approximate surface area is 116 Å². The summed E-state index contributed by atoms with van der Waals surface area (Å²) in [6.07, 6.45) is 0. The van der Waals surface area contributed by atoms with E-state index in [1.54, 1.807) is 7.11 Å². The summed E-state index contributed by atoms with van der Waals surface area (Å²) in [5.41, 5.74) is 0. The zero-order valence-electron chi connectivity index (χ0n) is 12.9. The van der Waals surface area contributed by atoms with E-state index >= 15 is 0 Å². The number of aromatic nitrogens is 2. The molecule has 0 saturated heterocycles. The quantitative estimate of drug-likeness (QED) is 0.821. The number of hydrogen-bond acceptors (Lipinski definition) is 5. The molecule has 0 bridgehead atoms. The summed E-state index contributed by atoms with van der Waals surface area (Å²) in [5.74, 6) is 2.13. The lowest BCUT2D eigenvalue weighted by atomic mass is 10.2. The van der Waals surface area contributed by atoms with E-state index in [9.17, 15) is 0 Å². The topological polar surface area (TPSA) is 50.3 Å². The molecule has 1 aromatic heterocycles. The molecule has 1 rings (SSSR count). The fourth-order valence-corrected chi connectivity index (χ4v) is 2.16. The fraction of sp³-hybridized carbons (Fsp3) is 0.714. The first-order chi connectivity index (χ1) is 8.93. The molecular weight excluding hydrogens is 240 g/mol. The van der Waals surface area contributed by atoms with Crippen LogP contribution in [0.5, 0.6) is 5.88 Å². The molecule has 108 valence electrons. The van der Waals surface area contributed by atoms with Gasteiger partial charge in [0.05, 0.1) is 7.11 Å². The second-order valence-electron chi connectivity index (χ2n) is 5.19. The first kappa shape index (κ1) is 15.7. The molecule has 0 aromatic carbocycles. The molecule has 0 atom stereocenters. The highest BCUT2D eigenvalue weighted by Crippen LogP contribution is 2.12. The van der Waals surface area contributed by atoms with Gasteiger partial charge in [-0.1, -0.05) is 0 Å². The minimum Gasteiger partial charge on any atom is -0.481 e. The predicted octanol–water partition coefficient (Wildman–Crippen LogP) is 2.32. The summed E-state index contributed by atoms with van der Waals surface area (Å²) in [6.45, 7) is 12.6. The Morgan fingerprint density at radius 2 is 1.84 bits per heavy atom. The first-order valence-electron chi connectivity index (χ1n) is 6.83. The largest absolute Gasteiger partial charge is 0.481 e. The van der Waals surface area contributed by atoms with E-state index < -0.39 is 0 Å². The van der Waals surface area contributed by atoms with Gasteiger partial charge in [0.15, 0.2) is 0 Å². The minimum absolute atomic E-state index is 0.545. The standard InChI is InChI=1S/C14H26N4O/c1-10(2)18(11(3)4)8-7-15-13-9-14(19-6)17-12(5)16-13/h9-11H,7-8H2,1-6H3,(H,15,16,17). The smallest absolute Gasteiger partial charge is 0.218 e. The molecule has 0 aliphatic carbocycles. The molecule has 1 aromatic rings. The van der Waals surface area contributed by atoms with Gasteiger partial charge in [0.25, 0.3) is 0 Å². The van der Waals surface area contributed by atoms with Crippen LogP contribution >= 0.6 is 0 Å². The molecule has 5 heteroatoms. The number of aryl methyl sites for hydroxylation is 1. The van der Waals surface area contributed by atoms with Crippen molar-refractivity contribution in [2.24, 2.45) is 0 Å². The fourth-order valence-electron chi connectivity index (χ4n) is 2.16. The molecule has 1 N–H and O–H groups in total. The number of rotatable bonds is 7. The third-order valence-electron chi connectivity index (χ3n) is 3.03. The number of methoxy groups -OCH3 is 1. The Kier molecular flexibility index (Phi) is 6.02. The molecule has 0 amide bonds. The van der Waals surface area contributed by atoms with Gasteiger partial charge < -0.3 is 10.1 Å². The summed E-state index contributed by atoms with van der Waals surface area (Å²) >= 11 is 0. The lowest BCUT2D eigenvalue weighted by Gasteiger charge is -2.30. The van der Waals surface area contributed by atoms with Gasteiger partial charge in [0, 0.05) is 31.2 Å². The number of ether oxygens (including phenoxy) is 1. The average molecular weight is 266 g/mol. The van der Waals surface area contributed by atoms with Gasteiger partial charge >= 0.3 is 0 Å². The third-order valence-corrected chi connectivity index (χ3v) is 3.03. The van der Waals surface area contributed by atoms with Crippen LogP contribution in [-0.2, 0) is 0 Å². The molecule has 0 radical (unpaired) electrons. The van der Waals surface area contributed by atoms with Crippen molar-refractivity contribution in [1.29, 1.82) is 0 Å². The van der Waals surface area contributed by atoms with Crippen LogP contribution in [0, 0.1) is 6.92 Å². The summed E-state index contributed by atoms with van der Waals surface area (Å²) in [7, 11) is 1.62. The van der Waals surface area contributed by atoms with Crippen molar-refractivity contribution in [2.45, 2.75) is 46.7 Å². The van der Waals surface area contributed by atoms with E-state index in [-0.39, 0.29) is 0 Å². The highest BCUT2D eigenvalue weighted by molar-refractivity contribution is 5.38. The highest BCUT2D eigenvalue weighted by Gasteiger charge is 2.12. The Balaban J connectivity index is 2.55. The van der Waals surface area contributed by atoms with Gasteiger partial charge in [-0.15, -0.1) is 0 Å². The number of nitrogens with zero attached hydrogens (tertiary/aromatic N) is 3. The Bertz CT molecular complexity index is 385. The molecule has 0 aliphatic rings. The molecule has 0 aliphatic heterocycles. The van der Waals surface area contributed by atoms with Gasteiger partial charge in [0.1, 0.15) is 11.6 Å². The van der Waals surface area contributed by atoms with Crippen LogP contribution in [0.2, 0.25) is 0 Å². The maximum absolute atomic E-state index is 5.14. The summed E-state index contributed by atoms with van der Waals surface area (Å²) in [6, 6.07) is 2.91. The van der Waals surface area contributed by atoms with Crippen LogP contribution in [0.3, 0.4) is 0 Å². The van der Waals surface area contributed by atoms with Gasteiger partial charge in [-0.2, -0.15) is 4.98 Å². The summed E-state index contributed by atoms with van der Waals surface area (Å²) < 4.78 is 5.14. The molecule has 0 unspecified atom stereocenters. The zero-order chi connectivity index (χ0) is 14.4. The van der Waals surface area contributed by atoms with Crippen molar-refractivity contribution in [3.05, 3.63) is 11.9 Å². The zero-order valence-corrected chi connectivity index (χ0v) is 12.9. The molecule has 0 fully saturated rings. The summed E-state index contributed by atoms with van der Waals surface area (Å²) in [4.78, 5) is 11.0. The van der Waals surface area contributed by atoms with E-state index in [0.29, 0.717) is 23.8 Å². The maximum atomic E-state index is 5.14. The van der Waals surface area contributed by atoms with Crippen LogP contribution < -0.4 is 10.1 Å². The second-order valence-corrected chi connectivity index (χ2v) is 5.19. The Morgan fingerprint density at radius 1 is 1.21 bits per heavy atom. The van der Waals surface area contributed by atoms with Crippen LogP contribution in [-0.4, -0.2) is 47.2 Å². The highest BCUT2D eigenvalue weighted by atomic mass is 16.5. The number of anilines is 1. The van der Waals surface area contributed by atoms with E-state index in [1.165, 1.54) is 0 Å². The lowest BCUT2D eigenvalue weighted by molar-refractivity contribution is 0.182. The van der Waals surface area contributed by atoms with Crippen molar-refractivity contribution >= 4 is 5.82 Å². The monoisotopic (exact) mass is 266 g/mol. The van der Waals surface area contributed by atoms with E-state index in [0.717, 1.165) is 18.9 Å². The maximum Gasteiger partial charge on any atom is 0.218 e. The van der Waals surface area contributed by atoms with Gasteiger partial charge in [0.2, 0.25) is 5.88 Å². The molecule has 5 nitrogen and oxygen atoms in total. The predicted molar refractivity (Wildman–Crippen MR) is 78.8 cm³/mol. The van der Waals surface area contributed by atoms with Gasteiger partial charge in [-0.25, -0.2) is 4.98 Å². The number of nitrogens with one attached hydrogen (secondary N) is 1. The van der Waals surface area contributed by atoms with Crippen molar-refractivity contribution in [1.82, 2.24) is 14.9 Å². The lowest BCUT2D eigenvalue weighted by Crippen LogP contribution is -2.40. The third kappa shape index (κ3) is 5.03. The Morgan fingerprint density at radius 3 is 2.37 bits per heavy atom. The Hall–Kier alpha value is -1.36. The van der Waals surface area contributed by atoms with E-state index in [1.807, 2.05) is 13.0 Å². The van der Waals surface area contributed by atoms with Gasteiger partial charge in [-0.05, 0) is 34.6 Å². The van der Waals surface area contributed by atoms with Crippen molar-refractivity contribution in [2.75, 3.05) is 25.5 Å².